The largest absolute Gasteiger partial charge is 0.296 e. The van der Waals surface area contributed by atoms with E-state index in [0.29, 0.717) is 5.71 Å². The van der Waals surface area contributed by atoms with Gasteiger partial charge < -0.3 is 0 Å². The highest BCUT2D eigenvalue weighted by Gasteiger charge is 2.06. The van der Waals surface area contributed by atoms with Crippen molar-refractivity contribution in [3.63, 3.8) is 0 Å². The zero-order chi connectivity index (χ0) is 13.7. The molecule has 3 nitrogen and oxygen atoms in total. The van der Waals surface area contributed by atoms with Crippen molar-refractivity contribution in [3.05, 3.63) is 65.7 Å². The molecule has 0 saturated carbocycles. The van der Waals surface area contributed by atoms with E-state index in [4.69, 9.17) is 0 Å². The molecule has 0 heterocycles. The minimum Gasteiger partial charge on any atom is -0.296 e. The van der Waals surface area contributed by atoms with E-state index in [0.717, 1.165) is 23.1 Å². The van der Waals surface area contributed by atoms with Crippen LogP contribution in [0.1, 0.15) is 11.1 Å². The number of hydrazone groups is 1. The van der Waals surface area contributed by atoms with E-state index in [-0.39, 0.29) is 0 Å². The molecule has 2 aromatic rings. The third-order valence-electron chi connectivity index (χ3n) is 2.90. The van der Waals surface area contributed by atoms with Crippen molar-refractivity contribution < 1.29 is 4.79 Å². The summed E-state index contributed by atoms with van der Waals surface area (Å²) in [6.07, 6.45) is 0.782. The maximum absolute atomic E-state index is 11.2. The van der Waals surface area contributed by atoms with Crippen LogP contribution in [0.5, 0.6) is 0 Å². The average Bonchev–Trinajstić information content (AvgIpc) is 2.46. The fraction of sp³-hybridized carbons (Fsp3) is 0.125. The van der Waals surface area contributed by atoms with Crippen molar-refractivity contribution in [3.8, 4) is 0 Å². The van der Waals surface area contributed by atoms with Crippen molar-refractivity contribution in [2.45, 2.75) is 6.92 Å². The topological polar surface area (TPSA) is 32.7 Å². The number of carbonyl (C=O) groups is 1. The lowest BCUT2D eigenvalue weighted by Crippen LogP contribution is -2.15. The van der Waals surface area contributed by atoms with E-state index in [9.17, 15) is 4.79 Å². The summed E-state index contributed by atoms with van der Waals surface area (Å²) in [6, 6.07) is 17.4. The molecule has 0 aliphatic rings. The Kier molecular flexibility index (Phi) is 4.08. The molecule has 96 valence electrons. The van der Waals surface area contributed by atoms with Gasteiger partial charge in [0.1, 0.15) is 5.71 Å². The Hall–Kier alpha value is -2.42. The highest BCUT2D eigenvalue weighted by Crippen LogP contribution is 2.18. The molecule has 0 unspecified atom stereocenters. The highest BCUT2D eigenvalue weighted by molar-refractivity contribution is 6.36. The van der Waals surface area contributed by atoms with Crippen LogP contribution in [0.15, 0.2) is 59.7 Å². The van der Waals surface area contributed by atoms with Crippen molar-refractivity contribution in [2.24, 2.45) is 5.10 Å². The number of aldehydes is 1. The molecule has 0 amide bonds. The third kappa shape index (κ3) is 3.07. The van der Waals surface area contributed by atoms with E-state index in [2.05, 4.69) is 5.10 Å². The van der Waals surface area contributed by atoms with Gasteiger partial charge in [0.15, 0.2) is 6.29 Å². The molecule has 0 N–H and O–H groups in total. The normalized spacial score (nSPS) is 11.2. The summed E-state index contributed by atoms with van der Waals surface area (Å²) >= 11 is 0. The lowest BCUT2D eigenvalue weighted by molar-refractivity contribution is -0.102. The Bertz CT molecular complexity index is 591. The summed E-state index contributed by atoms with van der Waals surface area (Å²) in [5, 5.41) is 6.11. The molecule has 2 rings (SSSR count). The molecule has 0 radical (unpaired) electrons. The first-order chi connectivity index (χ1) is 9.22. The quantitative estimate of drug-likeness (QED) is 0.476. The molecule has 2 aromatic carbocycles. The summed E-state index contributed by atoms with van der Waals surface area (Å²) < 4.78 is 0. The van der Waals surface area contributed by atoms with Crippen molar-refractivity contribution in [2.75, 3.05) is 12.1 Å². The molecular weight excluding hydrogens is 236 g/mol. The van der Waals surface area contributed by atoms with Gasteiger partial charge in [0, 0.05) is 12.6 Å². The summed E-state index contributed by atoms with van der Waals surface area (Å²) in [4.78, 5) is 11.2. The monoisotopic (exact) mass is 252 g/mol. The predicted octanol–water partition coefficient (Wildman–Crippen LogP) is 3.03. The van der Waals surface area contributed by atoms with Crippen molar-refractivity contribution in [1.82, 2.24) is 0 Å². The summed E-state index contributed by atoms with van der Waals surface area (Å²) in [5.74, 6) is 0. The minimum absolute atomic E-state index is 0.423. The number of aryl methyl sites for hydroxylation is 1. The van der Waals surface area contributed by atoms with Crippen LogP contribution >= 0.6 is 0 Å². The van der Waals surface area contributed by atoms with Gasteiger partial charge in [0.25, 0.3) is 0 Å². The second kappa shape index (κ2) is 5.96. The van der Waals surface area contributed by atoms with Gasteiger partial charge in [-0.15, -0.1) is 0 Å². The summed E-state index contributed by atoms with van der Waals surface area (Å²) in [6.45, 7) is 2.02. The molecule has 0 bridgehead atoms. The van der Waals surface area contributed by atoms with Crippen LogP contribution < -0.4 is 5.01 Å². The number of hydrogen-bond donors (Lipinski definition) is 0. The third-order valence-corrected chi connectivity index (χ3v) is 2.90. The Labute approximate surface area is 113 Å². The minimum atomic E-state index is 0.423. The molecule has 0 atom stereocenters. The van der Waals surface area contributed by atoms with Crippen LogP contribution in [-0.4, -0.2) is 19.0 Å². The maximum Gasteiger partial charge on any atom is 0.170 e. The number of anilines is 1. The smallest absolute Gasteiger partial charge is 0.170 e. The zero-order valence-corrected chi connectivity index (χ0v) is 11.1. The van der Waals surface area contributed by atoms with E-state index in [1.807, 2.05) is 68.6 Å². The lowest BCUT2D eigenvalue weighted by Gasteiger charge is -2.16. The molecular formula is C16H16N2O. The van der Waals surface area contributed by atoms with Crippen molar-refractivity contribution >= 4 is 17.7 Å². The predicted molar refractivity (Wildman–Crippen MR) is 78.6 cm³/mol. The van der Waals surface area contributed by atoms with E-state index in [1.165, 1.54) is 0 Å². The van der Waals surface area contributed by atoms with Gasteiger partial charge in [-0.25, -0.2) is 0 Å². The fourth-order valence-corrected chi connectivity index (χ4v) is 1.90. The Morgan fingerprint density at radius 2 is 1.68 bits per heavy atom. The van der Waals surface area contributed by atoms with E-state index in [1.54, 1.807) is 5.01 Å². The molecule has 0 aliphatic heterocycles. The van der Waals surface area contributed by atoms with Gasteiger partial charge in [0.05, 0.1) is 5.69 Å². The second-order valence-corrected chi connectivity index (χ2v) is 4.28. The first-order valence-corrected chi connectivity index (χ1v) is 6.11. The van der Waals surface area contributed by atoms with Crippen LogP contribution in [0.3, 0.4) is 0 Å². The molecule has 0 aromatic heterocycles. The standard InChI is InChI=1S/C16H16N2O/c1-13-8-6-7-11-16(13)18(2)17-15(12-19)14-9-4-3-5-10-14/h3-12H,1-2H3/b17-15+. The van der Waals surface area contributed by atoms with Gasteiger partial charge in [-0.3, -0.25) is 9.80 Å². The molecule has 0 fully saturated rings. The zero-order valence-electron chi connectivity index (χ0n) is 11.1. The van der Waals surface area contributed by atoms with Crippen LogP contribution in [0, 0.1) is 6.92 Å². The molecule has 0 spiro atoms. The Morgan fingerprint density at radius 3 is 2.32 bits per heavy atom. The number of para-hydroxylation sites is 1. The molecule has 19 heavy (non-hydrogen) atoms. The van der Waals surface area contributed by atoms with Gasteiger partial charge in [0.2, 0.25) is 0 Å². The van der Waals surface area contributed by atoms with Crippen LogP contribution in [-0.2, 0) is 4.79 Å². The Balaban J connectivity index is 2.34. The van der Waals surface area contributed by atoms with E-state index < -0.39 is 0 Å². The number of nitrogens with zero attached hydrogens (tertiary/aromatic N) is 2. The highest BCUT2D eigenvalue weighted by atomic mass is 16.1. The number of carbonyl (C=O) groups excluding carboxylic acids is 1. The van der Waals surface area contributed by atoms with Crippen LogP contribution in [0.25, 0.3) is 0 Å². The molecule has 3 heteroatoms. The first-order valence-electron chi connectivity index (χ1n) is 6.11. The fourth-order valence-electron chi connectivity index (χ4n) is 1.90. The first kappa shape index (κ1) is 13.0. The Morgan fingerprint density at radius 1 is 1.05 bits per heavy atom. The number of hydrogen-bond acceptors (Lipinski definition) is 3. The molecule has 0 saturated heterocycles. The van der Waals surface area contributed by atoms with Crippen LogP contribution in [0.4, 0.5) is 5.69 Å². The lowest BCUT2D eigenvalue weighted by atomic mass is 10.1. The van der Waals surface area contributed by atoms with Crippen molar-refractivity contribution in [1.29, 1.82) is 0 Å². The van der Waals surface area contributed by atoms with E-state index >= 15 is 0 Å². The SMILES string of the molecule is Cc1ccccc1N(C)/N=C(\C=O)c1ccccc1. The van der Waals surface area contributed by atoms with Gasteiger partial charge in [-0.05, 0) is 18.6 Å². The number of benzene rings is 2. The maximum atomic E-state index is 11.2. The summed E-state index contributed by atoms with van der Waals surface area (Å²) in [7, 11) is 1.84. The summed E-state index contributed by atoms with van der Waals surface area (Å²) in [5.41, 5.74) is 3.34. The van der Waals surface area contributed by atoms with Crippen LogP contribution in [0.2, 0.25) is 0 Å². The van der Waals surface area contributed by atoms with Gasteiger partial charge >= 0.3 is 0 Å². The van der Waals surface area contributed by atoms with Gasteiger partial charge in [-0.1, -0.05) is 48.5 Å². The second-order valence-electron chi connectivity index (χ2n) is 4.28. The number of rotatable bonds is 4. The van der Waals surface area contributed by atoms with Gasteiger partial charge in [-0.2, -0.15) is 5.10 Å². The average molecular weight is 252 g/mol. The molecule has 0 aliphatic carbocycles.